The highest BCUT2D eigenvalue weighted by Gasteiger charge is 2.11. The molecule has 5 nitrogen and oxygen atoms in total. The van der Waals surface area contributed by atoms with Crippen LogP contribution in [0.2, 0.25) is 0 Å². The SMILES string of the molecule is Cc1cc(-c2ccn[nH]2)nc2ccc(CCN3CCOCC3)cc12. The van der Waals surface area contributed by atoms with Crippen molar-refractivity contribution in [1.29, 1.82) is 0 Å². The molecule has 3 aromatic rings. The smallest absolute Gasteiger partial charge is 0.0890 e. The van der Waals surface area contributed by atoms with Gasteiger partial charge in [0, 0.05) is 31.2 Å². The number of hydrogen-bond donors (Lipinski definition) is 1. The van der Waals surface area contributed by atoms with Gasteiger partial charge in [-0.3, -0.25) is 10.00 Å². The number of aryl methyl sites for hydroxylation is 1. The van der Waals surface area contributed by atoms with Crippen LogP contribution in [0.5, 0.6) is 0 Å². The van der Waals surface area contributed by atoms with Crippen molar-refractivity contribution in [3.63, 3.8) is 0 Å². The van der Waals surface area contributed by atoms with Crippen LogP contribution in [0.3, 0.4) is 0 Å². The van der Waals surface area contributed by atoms with E-state index in [1.54, 1.807) is 6.20 Å². The Bertz CT molecular complexity index is 823. The van der Waals surface area contributed by atoms with E-state index in [0.29, 0.717) is 0 Å². The lowest BCUT2D eigenvalue weighted by Crippen LogP contribution is -2.37. The van der Waals surface area contributed by atoms with E-state index in [2.05, 4.69) is 46.3 Å². The highest BCUT2D eigenvalue weighted by atomic mass is 16.5. The van der Waals surface area contributed by atoms with Crippen LogP contribution in [-0.4, -0.2) is 52.9 Å². The largest absolute Gasteiger partial charge is 0.379 e. The standard InChI is InChI=1S/C19H22N4O/c1-14-12-19(18-4-6-20-22-18)21-17-3-2-15(13-16(14)17)5-7-23-8-10-24-11-9-23/h2-4,6,12-13H,5,7-11H2,1H3,(H,20,22). The highest BCUT2D eigenvalue weighted by Crippen LogP contribution is 2.24. The molecule has 0 unspecified atom stereocenters. The van der Waals surface area contributed by atoms with Gasteiger partial charge in [-0.2, -0.15) is 5.10 Å². The molecule has 0 spiro atoms. The quantitative estimate of drug-likeness (QED) is 0.802. The summed E-state index contributed by atoms with van der Waals surface area (Å²) >= 11 is 0. The molecule has 0 atom stereocenters. The molecule has 5 heteroatoms. The molecule has 124 valence electrons. The maximum Gasteiger partial charge on any atom is 0.0890 e. The zero-order valence-electron chi connectivity index (χ0n) is 14.0. The molecular formula is C19H22N4O. The van der Waals surface area contributed by atoms with Crippen molar-refractivity contribution in [2.45, 2.75) is 13.3 Å². The normalized spacial score (nSPS) is 15.9. The fourth-order valence-electron chi connectivity index (χ4n) is 3.25. The first-order valence-corrected chi connectivity index (χ1v) is 8.50. The van der Waals surface area contributed by atoms with Crippen LogP contribution in [0, 0.1) is 6.92 Å². The molecule has 1 aliphatic heterocycles. The first-order valence-electron chi connectivity index (χ1n) is 8.50. The fraction of sp³-hybridized carbons (Fsp3) is 0.368. The van der Waals surface area contributed by atoms with E-state index < -0.39 is 0 Å². The van der Waals surface area contributed by atoms with Gasteiger partial charge in [0.05, 0.1) is 30.1 Å². The molecule has 1 saturated heterocycles. The number of ether oxygens (including phenoxy) is 1. The van der Waals surface area contributed by atoms with Crippen molar-refractivity contribution >= 4 is 10.9 Å². The molecule has 0 saturated carbocycles. The van der Waals surface area contributed by atoms with Crippen LogP contribution >= 0.6 is 0 Å². The predicted octanol–water partition coefficient (Wildman–Crippen LogP) is 2.81. The molecule has 1 fully saturated rings. The molecule has 24 heavy (non-hydrogen) atoms. The molecule has 1 aliphatic rings. The number of aromatic nitrogens is 3. The summed E-state index contributed by atoms with van der Waals surface area (Å²) < 4.78 is 5.41. The number of aromatic amines is 1. The van der Waals surface area contributed by atoms with Crippen LogP contribution in [-0.2, 0) is 11.2 Å². The molecule has 4 rings (SSSR count). The van der Waals surface area contributed by atoms with E-state index in [1.165, 1.54) is 16.5 Å². The van der Waals surface area contributed by atoms with E-state index in [4.69, 9.17) is 9.72 Å². The van der Waals surface area contributed by atoms with Gasteiger partial charge in [0.25, 0.3) is 0 Å². The summed E-state index contributed by atoms with van der Waals surface area (Å²) in [5, 5.41) is 8.23. The molecule has 1 N–H and O–H groups in total. The van der Waals surface area contributed by atoms with Crippen molar-refractivity contribution in [2.24, 2.45) is 0 Å². The first kappa shape index (κ1) is 15.3. The topological polar surface area (TPSA) is 54.0 Å². The maximum atomic E-state index is 5.41. The molecule has 2 aromatic heterocycles. The third-order valence-electron chi connectivity index (χ3n) is 4.68. The zero-order chi connectivity index (χ0) is 16.4. The van der Waals surface area contributed by atoms with Crippen molar-refractivity contribution in [2.75, 3.05) is 32.8 Å². The van der Waals surface area contributed by atoms with Crippen molar-refractivity contribution in [1.82, 2.24) is 20.1 Å². The number of morpholine rings is 1. The molecule has 3 heterocycles. The van der Waals surface area contributed by atoms with Gasteiger partial charge in [-0.15, -0.1) is 0 Å². The Morgan fingerprint density at radius 3 is 2.83 bits per heavy atom. The summed E-state index contributed by atoms with van der Waals surface area (Å²) in [7, 11) is 0. The van der Waals surface area contributed by atoms with E-state index >= 15 is 0 Å². The number of rotatable bonds is 4. The predicted molar refractivity (Wildman–Crippen MR) is 95.0 cm³/mol. The average Bonchev–Trinajstić information content (AvgIpc) is 3.16. The number of pyridine rings is 1. The van der Waals surface area contributed by atoms with Crippen LogP contribution in [0.25, 0.3) is 22.3 Å². The summed E-state index contributed by atoms with van der Waals surface area (Å²) in [4.78, 5) is 7.24. The summed E-state index contributed by atoms with van der Waals surface area (Å²) in [6, 6.07) is 10.7. The molecular weight excluding hydrogens is 300 g/mol. The Morgan fingerprint density at radius 2 is 2.04 bits per heavy atom. The monoisotopic (exact) mass is 322 g/mol. The Labute approximate surface area is 141 Å². The molecule has 1 aromatic carbocycles. The van der Waals surface area contributed by atoms with E-state index in [-0.39, 0.29) is 0 Å². The van der Waals surface area contributed by atoms with Gasteiger partial charge in [-0.25, -0.2) is 4.98 Å². The van der Waals surface area contributed by atoms with Crippen molar-refractivity contribution in [3.05, 3.63) is 47.7 Å². The number of H-pyrrole nitrogens is 1. The third-order valence-corrected chi connectivity index (χ3v) is 4.68. The fourth-order valence-corrected chi connectivity index (χ4v) is 3.25. The minimum Gasteiger partial charge on any atom is -0.379 e. The number of fused-ring (bicyclic) bond motifs is 1. The second-order valence-corrected chi connectivity index (χ2v) is 6.35. The summed E-state index contributed by atoms with van der Waals surface area (Å²) in [5.41, 5.74) is 5.55. The average molecular weight is 322 g/mol. The first-order chi connectivity index (χ1) is 11.8. The third kappa shape index (κ3) is 3.18. The van der Waals surface area contributed by atoms with E-state index in [9.17, 15) is 0 Å². The number of nitrogens with zero attached hydrogens (tertiary/aromatic N) is 3. The van der Waals surface area contributed by atoms with Crippen LogP contribution < -0.4 is 0 Å². The molecule has 0 aliphatic carbocycles. The van der Waals surface area contributed by atoms with Gasteiger partial charge < -0.3 is 4.74 Å². The number of hydrogen-bond acceptors (Lipinski definition) is 4. The van der Waals surface area contributed by atoms with Crippen molar-refractivity contribution < 1.29 is 4.74 Å². The second-order valence-electron chi connectivity index (χ2n) is 6.35. The van der Waals surface area contributed by atoms with Crippen LogP contribution in [0.4, 0.5) is 0 Å². The van der Waals surface area contributed by atoms with Crippen LogP contribution in [0.1, 0.15) is 11.1 Å². The lowest BCUT2D eigenvalue weighted by molar-refractivity contribution is 0.0384. The van der Waals surface area contributed by atoms with Gasteiger partial charge in [-0.1, -0.05) is 6.07 Å². The summed E-state index contributed by atoms with van der Waals surface area (Å²) in [6.45, 7) is 7.04. The van der Waals surface area contributed by atoms with Gasteiger partial charge >= 0.3 is 0 Å². The molecule has 0 bridgehead atoms. The number of nitrogens with one attached hydrogen (secondary N) is 1. The molecule has 0 radical (unpaired) electrons. The minimum atomic E-state index is 0.858. The van der Waals surface area contributed by atoms with E-state index in [0.717, 1.165) is 56.2 Å². The molecule has 0 amide bonds. The second kappa shape index (κ2) is 6.71. The summed E-state index contributed by atoms with van der Waals surface area (Å²) in [6.07, 6.45) is 2.82. The minimum absolute atomic E-state index is 0.858. The highest BCUT2D eigenvalue weighted by molar-refractivity contribution is 5.85. The Hall–Kier alpha value is -2.24. The van der Waals surface area contributed by atoms with Gasteiger partial charge in [-0.05, 0) is 48.7 Å². The van der Waals surface area contributed by atoms with E-state index in [1.807, 2.05) is 6.07 Å². The number of benzene rings is 1. The van der Waals surface area contributed by atoms with Crippen molar-refractivity contribution in [3.8, 4) is 11.4 Å². The Morgan fingerprint density at radius 1 is 1.17 bits per heavy atom. The van der Waals surface area contributed by atoms with Crippen LogP contribution in [0.15, 0.2) is 36.5 Å². The van der Waals surface area contributed by atoms with Gasteiger partial charge in [0.15, 0.2) is 0 Å². The van der Waals surface area contributed by atoms with Gasteiger partial charge in [0.1, 0.15) is 0 Å². The lowest BCUT2D eigenvalue weighted by Gasteiger charge is -2.26. The maximum absolute atomic E-state index is 5.41. The zero-order valence-corrected chi connectivity index (χ0v) is 14.0. The Balaban J connectivity index is 1.56. The Kier molecular flexibility index (Phi) is 4.28. The lowest BCUT2D eigenvalue weighted by atomic mass is 10.0. The summed E-state index contributed by atoms with van der Waals surface area (Å²) in [5.74, 6) is 0. The van der Waals surface area contributed by atoms with Gasteiger partial charge in [0.2, 0.25) is 0 Å².